The van der Waals surface area contributed by atoms with E-state index >= 15 is 0 Å². The minimum absolute atomic E-state index is 0.114. The molecule has 10 heteroatoms. The topological polar surface area (TPSA) is 126 Å². The summed E-state index contributed by atoms with van der Waals surface area (Å²) in [5.41, 5.74) is 7.92. The predicted molar refractivity (Wildman–Crippen MR) is 146 cm³/mol. The second-order valence-electron chi connectivity index (χ2n) is 10.0. The molecule has 1 heterocycles. The first-order valence-electron chi connectivity index (χ1n) is 12.9. The molecule has 3 N–H and O–H groups in total. The van der Waals surface area contributed by atoms with Gasteiger partial charge in [-0.15, -0.1) is 0 Å². The molecular weight excluding hydrogens is 508 g/mol. The standard InChI is InChI=1S/C28H40N2O7S/c1-19(2)22(15-21-11-12-24(35-4)25(16-21)36-14-8-13-34-3)17-23-26(37-28(31)30-23)27(29)38(32,33)18-20-9-6-5-7-10-20/h5-7,9-12,16,19,22-23,26-27H,8,13-15,17-18,29H2,1-4H3,(H,30,31)/t22-,23-,26-,27?/m0/s1. The Morgan fingerprint density at radius 1 is 1.03 bits per heavy atom. The van der Waals surface area contributed by atoms with Crippen molar-refractivity contribution < 1.29 is 32.2 Å². The molecule has 4 atom stereocenters. The van der Waals surface area contributed by atoms with Crippen LogP contribution in [0, 0.1) is 11.8 Å². The van der Waals surface area contributed by atoms with Crippen molar-refractivity contribution in [2.24, 2.45) is 17.6 Å². The normalized spacial score (nSPS) is 19.1. The zero-order chi connectivity index (χ0) is 27.7. The number of nitrogens with one attached hydrogen (secondary N) is 1. The molecule has 1 fully saturated rings. The first-order valence-corrected chi connectivity index (χ1v) is 14.6. The molecule has 210 valence electrons. The van der Waals surface area contributed by atoms with Crippen LogP contribution in [-0.4, -0.2) is 59.5 Å². The summed E-state index contributed by atoms with van der Waals surface area (Å²) >= 11 is 0. The molecule has 1 aliphatic rings. The average molecular weight is 549 g/mol. The molecule has 0 radical (unpaired) electrons. The van der Waals surface area contributed by atoms with Crippen LogP contribution in [0.2, 0.25) is 0 Å². The van der Waals surface area contributed by atoms with Gasteiger partial charge in [0.2, 0.25) is 0 Å². The molecule has 2 aromatic carbocycles. The summed E-state index contributed by atoms with van der Waals surface area (Å²) in [4.78, 5) is 12.2. The van der Waals surface area contributed by atoms with Gasteiger partial charge in [-0.05, 0) is 47.9 Å². The molecule has 1 saturated heterocycles. The minimum Gasteiger partial charge on any atom is -0.493 e. The third-order valence-electron chi connectivity index (χ3n) is 6.87. The number of rotatable bonds is 15. The van der Waals surface area contributed by atoms with E-state index in [0.29, 0.717) is 43.1 Å². The van der Waals surface area contributed by atoms with E-state index in [1.54, 1.807) is 38.5 Å². The smallest absolute Gasteiger partial charge is 0.407 e. The summed E-state index contributed by atoms with van der Waals surface area (Å²) < 4.78 is 48.1. The van der Waals surface area contributed by atoms with Crippen molar-refractivity contribution in [2.45, 2.75) is 56.4 Å². The number of cyclic esters (lactones) is 1. The fourth-order valence-corrected chi connectivity index (χ4v) is 6.14. The van der Waals surface area contributed by atoms with Crippen molar-refractivity contribution in [3.05, 3.63) is 59.7 Å². The van der Waals surface area contributed by atoms with Crippen molar-refractivity contribution in [1.29, 1.82) is 0 Å². The molecule has 0 aromatic heterocycles. The lowest BCUT2D eigenvalue weighted by atomic mass is 9.83. The van der Waals surface area contributed by atoms with Gasteiger partial charge in [0.15, 0.2) is 27.4 Å². The summed E-state index contributed by atoms with van der Waals surface area (Å²) in [5.74, 6) is 1.45. The van der Waals surface area contributed by atoms with Gasteiger partial charge in [0, 0.05) is 20.1 Å². The largest absolute Gasteiger partial charge is 0.493 e. The molecule has 0 saturated carbocycles. The van der Waals surface area contributed by atoms with Crippen LogP contribution in [0.15, 0.2) is 48.5 Å². The van der Waals surface area contributed by atoms with Crippen LogP contribution < -0.4 is 20.5 Å². The molecule has 0 bridgehead atoms. The van der Waals surface area contributed by atoms with Gasteiger partial charge < -0.3 is 30.0 Å². The van der Waals surface area contributed by atoms with Crippen molar-refractivity contribution in [3.8, 4) is 11.5 Å². The van der Waals surface area contributed by atoms with Crippen LogP contribution in [0.25, 0.3) is 0 Å². The lowest BCUT2D eigenvalue weighted by Crippen LogP contribution is -2.49. The Kier molecular flexibility index (Phi) is 10.8. The molecule has 1 unspecified atom stereocenters. The van der Waals surface area contributed by atoms with Gasteiger partial charge in [-0.3, -0.25) is 0 Å². The highest BCUT2D eigenvalue weighted by molar-refractivity contribution is 7.91. The fourth-order valence-electron chi connectivity index (χ4n) is 4.64. The van der Waals surface area contributed by atoms with Crippen LogP contribution in [0.4, 0.5) is 4.79 Å². The summed E-state index contributed by atoms with van der Waals surface area (Å²) in [6.45, 7) is 5.32. The maximum Gasteiger partial charge on any atom is 0.407 e. The highest BCUT2D eigenvalue weighted by Crippen LogP contribution is 2.32. The summed E-state index contributed by atoms with van der Waals surface area (Å²) in [6.07, 6.45) is 0.339. The summed E-state index contributed by atoms with van der Waals surface area (Å²) in [6, 6.07) is 14.2. The SMILES string of the molecule is COCCCOc1cc(C[C@@H](C[C@@H]2NC(=O)O[C@@H]2C(N)S(=O)(=O)Cc2ccccc2)C(C)C)ccc1OC. The number of benzene rings is 2. The van der Waals surface area contributed by atoms with Crippen molar-refractivity contribution in [3.63, 3.8) is 0 Å². The lowest BCUT2D eigenvalue weighted by molar-refractivity contribution is 0.123. The molecule has 3 rings (SSSR count). The molecule has 1 amide bonds. The number of nitrogens with two attached hydrogens (primary N) is 1. The average Bonchev–Trinajstić information content (AvgIpc) is 3.25. The van der Waals surface area contributed by atoms with Crippen molar-refractivity contribution >= 4 is 15.9 Å². The maximum absolute atomic E-state index is 13.1. The zero-order valence-electron chi connectivity index (χ0n) is 22.6. The first kappa shape index (κ1) is 29.7. The Balaban J connectivity index is 1.73. The quantitative estimate of drug-likeness (QED) is 0.323. The van der Waals surface area contributed by atoms with Crippen molar-refractivity contribution in [1.82, 2.24) is 5.32 Å². The fraction of sp³-hybridized carbons (Fsp3) is 0.536. The highest BCUT2D eigenvalue weighted by atomic mass is 32.2. The van der Waals surface area contributed by atoms with Crippen molar-refractivity contribution in [2.75, 3.05) is 27.4 Å². The van der Waals surface area contributed by atoms with Gasteiger partial charge in [0.25, 0.3) is 0 Å². The Hall–Kier alpha value is -2.82. The van der Waals surface area contributed by atoms with Gasteiger partial charge >= 0.3 is 6.09 Å². The van der Waals surface area contributed by atoms with E-state index in [9.17, 15) is 13.2 Å². The number of hydrogen-bond acceptors (Lipinski definition) is 8. The number of methoxy groups -OCH3 is 2. The lowest BCUT2D eigenvalue weighted by Gasteiger charge is -2.28. The molecule has 9 nitrogen and oxygen atoms in total. The van der Waals surface area contributed by atoms with E-state index in [2.05, 4.69) is 19.2 Å². The van der Waals surface area contributed by atoms with Gasteiger partial charge in [0.1, 0.15) is 5.37 Å². The molecule has 38 heavy (non-hydrogen) atoms. The highest BCUT2D eigenvalue weighted by Gasteiger charge is 2.44. The van der Waals surface area contributed by atoms with E-state index in [4.69, 9.17) is 24.7 Å². The van der Waals surface area contributed by atoms with Crippen LogP contribution >= 0.6 is 0 Å². The third-order valence-corrected chi connectivity index (χ3v) is 8.70. The van der Waals surface area contributed by atoms with Crippen LogP contribution in [0.5, 0.6) is 11.5 Å². The Morgan fingerprint density at radius 2 is 1.76 bits per heavy atom. The number of ether oxygens (including phenoxy) is 4. The number of amides is 1. The van der Waals surface area contributed by atoms with Crippen LogP contribution in [0.1, 0.15) is 37.8 Å². The Bertz CT molecular complexity index is 1140. The summed E-state index contributed by atoms with van der Waals surface area (Å²) in [7, 11) is -0.516. The van der Waals surface area contributed by atoms with Gasteiger partial charge in [-0.1, -0.05) is 50.2 Å². The molecular formula is C28H40N2O7S. The summed E-state index contributed by atoms with van der Waals surface area (Å²) in [5, 5.41) is 1.46. The molecule has 0 spiro atoms. The molecule has 0 aliphatic carbocycles. The molecule has 2 aromatic rings. The van der Waals surface area contributed by atoms with Crippen LogP contribution in [-0.2, 0) is 31.5 Å². The third kappa shape index (κ3) is 8.09. The number of hydrogen-bond donors (Lipinski definition) is 2. The van der Waals surface area contributed by atoms with E-state index in [-0.39, 0.29) is 17.6 Å². The minimum atomic E-state index is -3.77. The zero-order valence-corrected chi connectivity index (χ0v) is 23.4. The second kappa shape index (κ2) is 13.8. The first-order chi connectivity index (χ1) is 18.1. The second-order valence-corrected chi connectivity index (χ2v) is 12.2. The maximum atomic E-state index is 13.1. The number of carbonyl (C=O) groups is 1. The van der Waals surface area contributed by atoms with E-state index < -0.39 is 33.5 Å². The Morgan fingerprint density at radius 3 is 2.42 bits per heavy atom. The van der Waals surface area contributed by atoms with E-state index in [1.165, 1.54) is 0 Å². The van der Waals surface area contributed by atoms with E-state index in [0.717, 1.165) is 12.0 Å². The monoisotopic (exact) mass is 548 g/mol. The number of sulfone groups is 1. The Labute approximate surface area is 225 Å². The van der Waals surface area contributed by atoms with E-state index in [1.807, 2.05) is 24.3 Å². The van der Waals surface area contributed by atoms with Crippen LogP contribution in [0.3, 0.4) is 0 Å². The predicted octanol–water partition coefficient (Wildman–Crippen LogP) is 3.69. The molecule has 1 aliphatic heterocycles. The van der Waals surface area contributed by atoms with Gasteiger partial charge in [0.05, 0.1) is 25.5 Å². The number of alkyl carbamates (subject to hydrolysis) is 1. The van der Waals surface area contributed by atoms with Gasteiger partial charge in [-0.2, -0.15) is 0 Å². The number of carbonyl (C=O) groups excluding carboxylic acids is 1. The van der Waals surface area contributed by atoms with Gasteiger partial charge in [-0.25, -0.2) is 13.2 Å².